The summed E-state index contributed by atoms with van der Waals surface area (Å²) in [5.41, 5.74) is 1.73. The highest BCUT2D eigenvalue weighted by Crippen LogP contribution is 2.24. The molecule has 70 valence electrons. The van der Waals surface area contributed by atoms with E-state index in [1.54, 1.807) is 11.8 Å². The van der Waals surface area contributed by atoms with Gasteiger partial charge in [0.2, 0.25) is 0 Å². The lowest BCUT2D eigenvalue weighted by atomic mass is 9.87. The Labute approximate surface area is 81.1 Å². The molecule has 0 rings (SSSR count). The Bertz CT molecular complexity index is 192. The fraction of sp³-hybridized carbons (Fsp3) is 0.636. The third kappa shape index (κ3) is 4.66. The molecule has 0 bridgehead atoms. The average Bonchev–Trinajstić information content (AvgIpc) is 1.97. The first-order chi connectivity index (χ1) is 5.38. The van der Waals surface area contributed by atoms with Crippen molar-refractivity contribution >= 4 is 11.8 Å². The van der Waals surface area contributed by atoms with Crippen molar-refractivity contribution in [1.82, 2.24) is 0 Å². The zero-order chi connectivity index (χ0) is 9.78. The molecule has 0 aromatic rings. The highest BCUT2D eigenvalue weighted by atomic mass is 32.2. The van der Waals surface area contributed by atoms with Gasteiger partial charge in [-0.3, -0.25) is 0 Å². The number of thioether (sulfide) groups is 1. The summed E-state index contributed by atoms with van der Waals surface area (Å²) >= 11 is 1.79. The Balaban J connectivity index is 4.39. The van der Waals surface area contributed by atoms with Crippen LogP contribution in [0, 0.1) is 5.41 Å². The van der Waals surface area contributed by atoms with E-state index < -0.39 is 0 Å². The van der Waals surface area contributed by atoms with E-state index in [0.717, 1.165) is 0 Å². The van der Waals surface area contributed by atoms with Crippen LogP contribution in [0.25, 0.3) is 0 Å². The molecule has 0 aliphatic carbocycles. The van der Waals surface area contributed by atoms with E-state index in [9.17, 15) is 0 Å². The first-order valence-electron chi connectivity index (χ1n) is 4.27. The quantitative estimate of drug-likeness (QED) is 0.578. The smallest absolute Gasteiger partial charge is 0.0140 e. The van der Waals surface area contributed by atoms with E-state index in [2.05, 4.69) is 53.0 Å². The van der Waals surface area contributed by atoms with E-state index in [0.29, 0.717) is 5.41 Å². The predicted octanol–water partition coefficient (Wildman–Crippen LogP) is 4.25. The Morgan fingerprint density at radius 2 is 1.58 bits per heavy atom. The first-order valence-corrected chi connectivity index (χ1v) is 5.50. The highest BCUT2D eigenvalue weighted by Gasteiger charge is 2.10. The maximum Gasteiger partial charge on any atom is -0.0140 e. The lowest BCUT2D eigenvalue weighted by molar-refractivity contribution is 0.504. The summed E-state index contributed by atoms with van der Waals surface area (Å²) in [6.45, 7) is 11.0. The summed E-state index contributed by atoms with van der Waals surface area (Å²) in [5, 5.41) is 0. The summed E-state index contributed by atoms with van der Waals surface area (Å²) in [5.74, 6) is 0. The summed E-state index contributed by atoms with van der Waals surface area (Å²) in [4.78, 5) is 1.36. The van der Waals surface area contributed by atoms with Gasteiger partial charge in [-0.25, -0.2) is 0 Å². The Hall–Kier alpha value is -0.170. The van der Waals surface area contributed by atoms with Crippen molar-refractivity contribution in [2.45, 2.75) is 34.6 Å². The Kier molecular flexibility index (Phi) is 4.69. The third-order valence-corrected chi connectivity index (χ3v) is 2.85. The van der Waals surface area contributed by atoms with Crippen molar-refractivity contribution in [3.05, 3.63) is 22.6 Å². The van der Waals surface area contributed by atoms with Crippen LogP contribution in [0.15, 0.2) is 22.6 Å². The standard InChI is InChI=1S/C11H20S/c1-9(11(3,4)5)7-8-10(2)12-6/h7-8H,1-6H3. The second kappa shape index (κ2) is 4.76. The molecule has 0 radical (unpaired) electrons. The molecule has 0 fully saturated rings. The van der Waals surface area contributed by atoms with Gasteiger partial charge in [-0.05, 0) is 30.4 Å². The van der Waals surface area contributed by atoms with E-state index in [1.807, 2.05) is 0 Å². The lowest BCUT2D eigenvalue weighted by Crippen LogP contribution is -2.05. The van der Waals surface area contributed by atoms with Crippen LogP contribution in [0.4, 0.5) is 0 Å². The average molecular weight is 184 g/mol. The molecule has 0 unspecified atom stereocenters. The molecule has 0 aromatic heterocycles. The SMILES string of the molecule is CSC(C)=CC=C(C)C(C)(C)C. The van der Waals surface area contributed by atoms with Crippen LogP contribution in [0.5, 0.6) is 0 Å². The monoisotopic (exact) mass is 184 g/mol. The molecular formula is C11H20S. The number of hydrogen-bond donors (Lipinski definition) is 0. The number of allylic oxidation sites excluding steroid dienone is 4. The zero-order valence-electron chi connectivity index (χ0n) is 9.06. The fourth-order valence-electron chi connectivity index (χ4n) is 0.560. The van der Waals surface area contributed by atoms with Crippen LogP contribution in [0.3, 0.4) is 0 Å². The molecule has 0 saturated carbocycles. The van der Waals surface area contributed by atoms with E-state index in [-0.39, 0.29) is 0 Å². The zero-order valence-corrected chi connectivity index (χ0v) is 9.88. The highest BCUT2D eigenvalue weighted by molar-refractivity contribution is 8.02. The van der Waals surface area contributed by atoms with Gasteiger partial charge in [0, 0.05) is 0 Å². The van der Waals surface area contributed by atoms with Gasteiger partial charge in [-0.2, -0.15) is 0 Å². The van der Waals surface area contributed by atoms with Gasteiger partial charge in [0.15, 0.2) is 0 Å². The van der Waals surface area contributed by atoms with Crippen LogP contribution in [0.1, 0.15) is 34.6 Å². The van der Waals surface area contributed by atoms with Crippen LogP contribution in [0.2, 0.25) is 0 Å². The molecule has 0 heterocycles. The Morgan fingerprint density at radius 1 is 1.08 bits per heavy atom. The maximum absolute atomic E-state index is 2.24. The van der Waals surface area contributed by atoms with Crippen LogP contribution >= 0.6 is 11.8 Å². The summed E-state index contributed by atoms with van der Waals surface area (Å²) in [7, 11) is 0. The van der Waals surface area contributed by atoms with Crippen molar-refractivity contribution in [3.63, 3.8) is 0 Å². The minimum Gasteiger partial charge on any atom is -0.134 e. The molecule has 12 heavy (non-hydrogen) atoms. The van der Waals surface area contributed by atoms with E-state index in [1.165, 1.54) is 10.5 Å². The van der Waals surface area contributed by atoms with E-state index in [4.69, 9.17) is 0 Å². The van der Waals surface area contributed by atoms with Gasteiger partial charge >= 0.3 is 0 Å². The van der Waals surface area contributed by atoms with Gasteiger partial charge in [0.1, 0.15) is 0 Å². The van der Waals surface area contributed by atoms with Crippen LogP contribution < -0.4 is 0 Å². The second-order valence-corrected chi connectivity index (χ2v) is 5.13. The van der Waals surface area contributed by atoms with Gasteiger partial charge in [-0.15, -0.1) is 11.8 Å². The minimum absolute atomic E-state index is 0.301. The second-order valence-electron chi connectivity index (χ2n) is 4.08. The van der Waals surface area contributed by atoms with Crippen molar-refractivity contribution in [2.75, 3.05) is 6.26 Å². The van der Waals surface area contributed by atoms with Crippen LogP contribution in [-0.2, 0) is 0 Å². The first kappa shape index (κ1) is 11.8. The van der Waals surface area contributed by atoms with E-state index >= 15 is 0 Å². The third-order valence-electron chi connectivity index (χ3n) is 2.07. The summed E-state index contributed by atoms with van der Waals surface area (Å²) in [6, 6.07) is 0. The van der Waals surface area contributed by atoms with Crippen molar-refractivity contribution in [3.8, 4) is 0 Å². The maximum atomic E-state index is 2.24. The molecule has 0 amide bonds. The largest absolute Gasteiger partial charge is 0.134 e. The predicted molar refractivity (Wildman–Crippen MR) is 60.5 cm³/mol. The Morgan fingerprint density at radius 3 is 1.92 bits per heavy atom. The normalized spacial score (nSPS) is 15.2. The minimum atomic E-state index is 0.301. The van der Waals surface area contributed by atoms with Crippen molar-refractivity contribution < 1.29 is 0 Å². The van der Waals surface area contributed by atoms with Gasteiger partial charge in [-0.1, -0.05) is 38.5 Å². The molecule has 0 aromatic carbocycles. The molecule has 0 N–H and O–H groups in total. The lowest BCUT2D eigenvalue weighted by Gasteiger charge is -2.18. The van der Waals surface area contributed by atoms with Gasteiger partial charge in [0.05, 0.1) is 0 Å². The molecule has 0 atom stereocenters. The summed E-state index contributed by atoms with van der Waals surface area (Å²) in [6.07, 6.45) is 6.50. The van der Waals surface area contributed by atoms with Crippen molar-refractivity contribution in [1.29, 1.82) is 0 Å². The molecule has 1 heteroatoms. The van der Waals surface area contributed by atoms with Crippen LogP contribution in [-0.4, -0.2) is 6.26 Å². The molecule has 0 spiro atoms. The molecular weight excluding hydrogens is 164 g/mol. The molecule has 0 saturated heterocycles. The van der Waals surface area contributed by atoms with Crippen molar-refractivity contribution in [2.24, 2.45) is 5.41 Å². The molecule has 0 aliphatic rings. The summed E-state index contributed by atoms with van der Waals surface area (Å²) < 4.78 is 0. The number of rotatable bonds is 2. The van der Waals surface area contributed by atoms with Gasteiger partial charge in [0.25, 0.3) is 0 Å². The number of hydrogen-bond acceptors (Lipinski definition) is 1. The topological polar surface area (TPSA) is 0 Å². The molecule has 0 nitrogen and oxygen atoms in total. The van der Waals surface area contributed by atoms with Gasteiger partial charge < -0.3 is 0 Å². The fourth-order valence-corrected chi connectivity index (χ4v) is 0.765. The molecule has 0 aliphatic heterocycles.